The largest absolute Gasteiger partial charge is 0.369 e. The molecule has 1 atom stereocenters. The van der Waals surface area contributed by atoms with E-state index in [9.17, 15) is 8.42 Å². The first kappa shape index (κ1) is 14.6. The van der Waals surface area contributed by atoms with Crippen molar-refractivity contribution in [1.29, 1.82) is 0 Å². The van der Waals surface area contributed by atoms with Crippen molar-refractivity contribution in [2.24, 2.45) is 5.73 Å². The molecule has 0 amide bonds. The topological polar surface area (TPSA) is 63.4 Å². The molecular formula is C13H19ClN2O2S. The Morgan fingerprint density at radius 3 is 2.68 bits per heavy atom. The van der Waals surface area contributed by atoms with E-state index in [0.717, 1.165) is 17.8 Å². The molecule has 1 saturated heterocycles. The smallest absolute Gasteiger partial charge is 0.152 e. The van der Waals surface area contributed by atoms with Crippen LogP contribution in [0.4, 0.5) is 5.69 Å². The molecular weight excluding hydrogens is 284 g/mol. The lowest BCUT2D eigenvalue weighted by Crippen LogP contribution is -2.27. The van der Waals surface area contributed by atoms with Gasteiger partial charge in [0.2, 0.25) is 0 Å². The van der Waals surface area contributed by atoms with Crippen LogP contribution in [0.2, 0.25) is 5.02 Å². The Balaban J connectivity index is 2.22. The Kier molecular flexibility index (Phi) is 4.38. The Bertz CT molecular complexity index is 558. The third-order valence-electron chi connectivity index (χ3n) is 3.39. The Labute approximate surface area is 119 Å². The fourth-order valence-electron chi connectivity index (χ4n) is 2.24. The van der Waals surface area contributed by atoms with Crippen LogP contribution in [0.15, 0.2) is 18.2 Å². The van der Waals surface area contributed by atoms with Gasteiger partial charge in [0, 0.05) is 19.1 Å². The predicted octanol–water partition coefficient (Wildman–Crippen LogP) is 1.98. The summed E-state index contributed by atoms with van der Waals surface area (Å²) in [6.07, 6.45) is 0.647. The predicted molar refractivity (Wildman–Crippen MR) is 79.5 cm³/mol. The van der Waals surface area contributed by atoms with Crippen LogP contribution in [0.5, 0.6) is 0 Å². The summed E-state index contributed by atoms with van der Waals surface area (Å²) in [6.45, 7) is 3.12. The summed E-state index contributed by atoms with van der Waals surface area (Å²) >= 11 is 6.28. The highest BCUT2D eigenvalue weighted by Gasteiger charge is 2.20. The highest BCUT2D eigenvalue weighted by atomic mass is 35.5. The zero-order valence-electron chi connectivity index (χ0n) is 11.0. The van der Waals surface area contributed by atoms with E-state index >= 15 is 0 Å². The van der Waals surface area contributed by atoms with Gasteiger partial charge in [-0.25, -0.2) is 8.42 Å². The molecule has 1 aromatic carbocycles. The van der Waals surface area contributed by atoms with E-state index in [-0.39, 0.29) is 17.5 Å². The molecule has 0 radical (unpaired) electrons. The maximum Gasteiger partial charge on any atom is 0.152 e. The van der Waals surface area contributed by atoms with Crippen molar-refractivity contribution in [3.8, 4) is 0 Å². The van der Waals surface area contributed by atoms with E-state index in [1.807, 2.05) is 30.0 Å². The summed E-state index contributed by atoms with van der Waals surface area (Å²) in [5.74, 6) is 0.456. The van der Waals surface area contributed by atoms with Crippen molar-refractivity contribution in [3.63, 3.8) is 0 Å². The van der Waals surface area contributed by atoms with Crippen LogP contribution < -0.4 is 10.6 Å². The van der Waals surface area contributed by atoms with Gasteiger partial charge >= 0.3 is 0 Å². The van der Waals surface area contributed by atoms with Gasteiger partial charge in [-0.15, -0.1) is 0 Å². The average Bonchev–Trinajstić information content (AvgIpc) is 2.50. The second-order valence-corrected chi connectivity index (χ2v) is 7.70. The minimum Gasteiger partial charge on any atom is -0.369 e. The third kappa shape index (κ3) is 3.61. The van der Waals surface area contributed by atoms with Crippen molar-refractivity contribution in [3.05, 3.63) is 28.8 Å². The molecule has 1 fully saturated rings. The summed E-state index contributed by atoms with van der Waals surface area (Å²) in [6, 6.07) is 5.68. The van der Waals surface area contributed by atoms with Crippen molar-refractivity contribution < 1.29 is 8.42 Å². The van der Waals surface area contributed by atoms with Gasteiger partial charge in [-0.2, -0.15) is 0 Å². The molecule has 1 heterocycles. The van der Waals surface area contributed by atoms with Crippen LogP contribution in [-0.2, 0) is 9.84 Å². The van der Waals surface area contributed by atoms with Gasteiger partial charge in [-0.3, -0.25) is 0 Å². The molecule has 0 saturated carbocycles. The second kappa shape index (κ2) is 5.69. The van der Waals surface area contributed by atoms with Crippen molar-refractivity contribution in [1.82, 2.24) is 0 Å². The summed E-state index contributed by atoms with van der Waals surface area (Å²) in [5.41, 5.74) is 7.69. The summed E-state index contributed by atoms with van der Waals surface area (Å²) < 4.78 is 23.2. The molecule has 0 aromatic heterocycles. The lowest BCUT2D eigenvalue weighted by atomic mass is 10.1. The zero-order chi connectivity index (χ0) is 14.0. The first-order valence-electron chi connectivity index (χ1n) is 6.39. The van der Waals surface area contributed by atoms with E-state index in [1.165, 1.54) is 0 Å². The number of sulfone groups is 1. The Hall–Kier alpha value is -0.780. The molecule has 2 rings (SSSR count). The Morgan fingerprint density at radius 2 is 2.05 bits per heavy atom. The number of benzene rings is 1. The molecule has 1 aliphatic rings. The highest BCUT2D eigenvalue weighted by molar-refractivity contribution is 7.91. The monoisotopic (exact) mass is 302 g/mol. The Morgan fingerprint density at radius 1 is 1.32 bits per heavy atom. The van der Waals surface area contributed by atoms with Gasteiger partial charge in [-0.1, -0.05) is 17.7 Å². The molecule has 0 bridgehead atoms. The summed E-state index contributed by atoms with van der Waals surface area (Å²) in [7, 11) is -2.90. The lowest BCUT2D eigenvalue weighted by Gasteiger charge is -2.24. The van der Waals surface area contributed by atoms with Crippen molar-refractivity contribution in [2.45, 2.75) is 19.4 Å². The van der Waals surface area contributed by atoms with Crippen molar-refractivity contribution in [2.75, 3.05) is 29.5 Å². The molecule has 4 nitrogen and oxygen atoms in total. The molecule has 106 valence electrons. The molecule has 1 aromatic rings. The molecule has 6 heteroatoms. The average molecular weight is 303 g/mol. The van der Waals surface area contributed by atoms with Gasteiger partial charge in [-0.05, 0) is 31.0 Å². The van der Waals surface area contributed by atoms with Crippen LogP contribution in [0.1, 0.15) is 24.9 Å². The number of rotatable bonds is 2. The highest BCUT2D eigenvalue weighted by Crippen LogP contribution is 2.29. The number of hydrogen-bond donors (Lipinski definition) is 1. The molecule has 1 aliphatic heterocycles. The van der Waals surface area contributed by atoms with E-state index in [0.29, 0.717) is 18.0 Å². The standard InChI is InChI=1S/C13H19ClN2O2S/c1-10(15)11-3-4-13(12(14)9-11)16-5-2-7-19(17,18)8-6-16/h3-4,9-10H,2,5-8,15H2,1H3/t10-/m1/s1. The third-order valence-corrected chi connectivity index (χ3v) is 5.41. The fourth-order valence-corrected chi connectivity index (χ4v) is 3.82. The fraction of sp³-hybridized carbons (Fsp3) is 0.538. The van der Waals surface area contributed by atoms with Crippen molar-refractivity contribution >= 4 is 27.1 Å². The molecule has 0 aliphatic carbocycles. The van der Waals surface area contributed by atoms with E-state index in [2.05, 4.69) is 0 Å². The SMILES string of the molecule is C[C@@H](N)c1ccc(N2CCCS(=O)(=O)CC2)c(Cl)c1. The summed E-state index contributed by atoms with van der Waals surface area (Å²) in [4.78, 5) is 2.04. The van der Waals surface area contributed by atoms with Gasteiger partial charge in [0.25, 0.3) is 0 Å². The lowest BCUT2D eigenvalue weighted by molar-refractivity contribution is 0.597. The zero-order valence-corrected chi connectivity index (χ0v) is 12.5. The molecule has 0 unspecified atom stereocenters. The van der Waals surface area contributed by atoms with E-state index < -0.39 is 9.84 Å². The maximum atomic E-state index is 11.6. The number of nitrogens with zero attached hydrogens (tertiary/aromatic N) is 1. The minimum atomic E-state index is -2.90. The van der Waals surface area contributed by atoms with Crippen LogP contribution in [0, 0.1) is 0 Å². The van der Waals surface area contributed by atoms with Crippen LogP contribution in [0.25, 0.3) is 0 Å². The van der Waals surface area contributed by atoms with Gasteiger partial charge in [0.05, 0.1) is 22.2 Å². The summed E-state index contributed by atoms with van der Waals surface area (Å²) in [5, 5.41) is 0.633. The molecule has 0 spiro atoms. The quantitative estimate of drug-likeness (QED) is 0.907. The minimum absolute atomic E-state index is 0.0592. The van der Waals surface area contributed by atoms with Crippen LogP contribution in [0.3, 0.4) is 0 Å². The van der Waals surface area contributed by atoms with Gasteiger partial charge < -0.3 is 10.6 Å². The number of hydrogen-bond acceptors (Lipinski definition) is 4. The first-order valence-corrected chi connectivity index (χ1v) is 8.59. The number of anilines is 1. The van der Waals surface area contributed by atoms with Crippen LogP contribution in [-0.4, -0.2) is 33.0 Å². The van der Waals surface area contributed by atoms with E-state index in [1.54, 1.807) is 0 Å². The normalized spacial score (nSPS) is 20.9. The van der Waals surface area contributed by atoms with Gasteiger partial charge in [0.1, 0.15) is 0 Å². The number of halogens is 1. The molecule has 19 heavy (non-hydrogen) atoms. The second-order valence-electron chi connectivity index (χ2n) is 4.99. The molecule has 2 N–H and O–H groups in total. The van der Waals surface area contributed by atoms with E-state index in [4.69, 9.17) is 17.3 Å². The van der Waals surface area contributed by atoms with Crippen LogP contribution >= 0.6 is 11.6 Å². The first-order chi connectivity index (χ1) is 8.89. The van der Waals surface area contributed by atoms with Gasteiger partial charge in [0.15, 0.2) is 9.84 Å². The maximum absolute atomic E-state index is 11.6. The number of nitrogens with two attached hydrogens (primary N) is 1.